The van der Waals surface area contributed by atoms with Crippen LogP contribution in [-0.4, -0.2) is 36.4 Å². The minimum absolute atomic E-state index is 0.233. The van der Waals surface area contributed by atoms with Crippen molar-refractivity contribution in [3.05, 3.63) is 0 Å². The van der Waals surface area contributed by atoms with Gasteiger partial charge in [0, 0.05) is 13.0 Å². The third-order valence-corrected chi connectivity index (χ3v) is 1.11. The van der Waals surface area contributed by atoms with E-state index in [9.17, 15) is 4.79 Å². The summed E-state index contributed by atoms with van der Waals surface area (Å²) in [5.74, 6) is -0.693. The molecule has 0 aromatic carbocycles. The molecule has 0 radical (unpaired) electrons. The first-order valence-electron chi connectivity index (χ1n) is 4.16. The van der Waals surface area contributed by atoms with E-state index in [0.29, 0.717) is 13.0 Å². The van der Waals surface area contributed by atoms with Gasteiger partial charge in [-0.15, -0.1) is 0 Å². The maximum atomic E-state index is 9.76. The lowest BCUT2D eigenvalue weighted by Crippen LogP contribution is -2.10. The van der Waals surface area contributed by atoms with Gasteiger partial charge < -0.3 is 15.5 Å². The average Bonchev–Trinajstić information content (AvgIpc) is 2.03. The number of likely N-dealkylation sites (N-methyl/N-ethyl adjacent to an activating group) is 1. The van der Waals surface area contributed by atoms with E-state index in [1.54, 1.807) is 7.05 Å². The van der Waals surface area contributed by atoms with Crippen LogP contribution in [0.1, 0.15) is 26.2 Å². The Bertz CT molecular complexity index is 94.3. The van der Waals surface area contributed by atoms with Crippen molar-refractivity contribution in [1.82, 2.24) is 5.32 Å². The molecule has 0 aliphatic heterocycles. The maximum absolute atomic E-state index is 9.76. The summed E-state index contributed by atoms with van der Waals surface area (Å²) in [5.41, 5.74) is 0. The number of carboxylic acids is 1. The SMILES string of the molecule is CCCCC(=O)O.CNCCO. The van der Waals surface area contributed by atoms with Crippen LogP contribution < -0.4 is 5.32 Å². The van der Waals surface area contributed by atoms with Crippen molar-refractivity contribution < 1.29 is 15.0 Å². The highest BCUT2D eigenvalue weighted by Crippen LogP contribution is 1.91. The Morgan fingerprint density at radius 1 is 1.50 bits per heavy atom. The first-order chi connectivity index (χ1) is 5.68. The van der Waals surface area contributed by atoms with E-state index in [2.05, 4.69) is 5.32 Å². The van der Waals surface area contributed by atoms with Gasteiger partial charge in [-0.3, -0.25) is 4.79 Å². The summed E-state index contributed by atoms with van der Waals surface area (Å²) in [7, 11) is 1.80. The topological polar surface area (TPSA) is 69.6 Å². The molecule has 0 saturated carbocycles. The van der Waals surface area contributed by atoms with Crippen LogP contribution in [0.5, 0.6) is 0 Å². The molecular weight excluding hydrogens is 158 g/mol. The summed E-state index contributed by atoms with van der Waals surface area (Å²) in [5, 5.41) is 18.8. The van der Waals surface area contributed by atoms with Gasteiger partial charge in [0.2, 0.25) is 0 Å². The molecule has 12 heavy (non-hydrogen) atoms. The molecule has 0 aromatic rings. The zero-order valence-electron chi connectivity index (χ0n) is 7.84. The lowest BCUT2D eigenvalue weighted by atomic mass is 10.3. The number of aliphatic carboxylic acids is 1. The molecular formula is C8H19NO3. The monoisotopic (exact) mass is 177 g/mol. The highest BCUT2D eigenvalue weighted by molar-refractivity contribution is 5.66. The van der Waals surface area contributed by atoms with Gasteiger partial charge in [-0.25, -0.2) is 0 Å². The molecule has 0 atom stereocenters. The Balaban J connectivity index is 0. The molecule has 4 heteroatoms. The van der Waals surface area contributed by atoms with Gasteiger partial charge in [0.1, 0.15) is 0 Å². The van der Waals surface area contributed by atoms with Crippen LogP contribution in [0.4, 0.5) is 0 Å². The Morgan fingerprint density at radius 3 is 2.17 bits per heavy atom. The Labute approximate surface area is 73.6 Å². The fourth-order valence-electron chi connectivity index (χ4n) is 0.440. The van der Waals surface area contributed by atoms with Crippen LogP contribution >= 0.6 is 0 Å². The standard InChI is InChI=1S/C5H10O2.C3H9NO/c1-2-3-4-5(6)7;1-4-2-3-5/h2-4H2,1H3,(H,6,7);4-5H,2-3H2,1H3. The molecule has 0 bridgehead atoms. The average molecular weight is 177 g/mol. The smallest absolute Gasteiger partial charge is 0.303 e. The number of hydrogen-bond donors (Lipinski definition) is 3. The van der Waals surface area contributed by atoms with Crippen molar-refractivity contribution in [2.45, 2.75) is 26.2 Å². The number of aliphatic hydroxyl groups excluding tert-OH is 1. The summed E-state index contributed by atoms with van der Waals surface area (Å²) < 4.78 is 0. The highest BCUT2D eigenvalue weighted by atomic mass is 16.4. The van der Waals surface area contributed by atoms with E-state index in [1.807, 2.05) is 6.92 Å². The second-order valence-electron chi connectivity index (χ2n) is 2.32. The second-order valence-corrected chi connectivity index (χ2v) is 2.32. The Kier molecular flexibility index (Phi) is 15.1. The number of carbonyl (C=O) groups is 1. The van der Waals surface area contributed by atoms with Gasteiger partial charge in [-0.05, 0) is 13.5 Å². The number of rotatable bonds is 5. The van der Waals surface area contributed by atoms with Crippen LogP contribution in [0, 0.1) is 0 Å². The van der Waals surface area contributed by atoms with Crippen LogP contribution in [0.3, 0.4) is 0 Å². The van der Waals surface area contributed by atoms with Gasteiger partial charge in [0.15, 0.2) is 0 Å². The van der Waals surface area contributed by atoms with Crippen molar-refractivity contribution in [3.63, 3.8) is 0 Å². The molecule has 0 rings (SSSR count). The molecule has 0 aromatic heterocycles. The predicted molar refractivity (Wildman–Crippen MR) is 48.2 cm³/mol. The molecule has 0 unspecified atom stereocenters. The number of aliphatic hydroxyl groups is 1. The van der Waals surface area contributed by atoms with E-state index in [4.69, 9.17) is 10.2 Å². The van der Waals surface area contributed by atoms with E-state index in [-0.39, 0.29) is 6.61 Å². The van der Waals surface area contributed by atoms with E-state index >= 15 is 0 Å². The van der Waals surface area contributed by atoms with E-state index in [0.717, 1.165) is 12.8 Å². The summed E-state index contributed by atoms with van der Waals surface area (Å²) in [6, 6.07) is 0. The number of unbranched alkanes of at least 4 members (excludes halogenated alkanes) is 1. The quantitative estimate of drug-likeness (QED) is 0.570. The van der Waals surface area contributed by atoms with Gasteiger partial charge in [0.25, 0.3) is 0 Å². The number of nitrogens with one attached hydrogen (secondary N) is 1. The predicted octanol–water partition coefficient (Wildman–Crippen LogP) is 0.459. The molecule has 74 valence electrons. The number of hydrogen-bond acceptors (Lipinski definition) is 3. The Morgan fingerprint density at radius 2 is 2.08 bits per heavy atom. The molecule has 0 heterocycles. The summed E-state index contributed by atoms with van der Waals surface area (Å²) in [6.07, 6.45) is 2.08. The molecule has 0 aliphatic carbocycles. The van der Waals surface area contributed by atoms with E-state index in [1.165, 1.54) is 0 Å². The largest absolute Gasteiger partial charge is 0.481 e. The van der Waals surface area contributed by atoms with Gasteiger partial charge in [0.05, 0.1) is 6.61 Å². The summed E-state index contributed by atoms with van der Waals surface area (Å²) in [4.78, 5) is 9.76. The van der Waals surface area contributed by atoms with Crippen molar-refractivity contribution >= 4 is 5.97 Å². The molecule has 4 nitrogen and oxygen atoms in total. The fourth-order valence-corrected chi connectivity index (χ4v) is 0.440. The third-order valence-electron chi connectivity index (χ3n) is 1.11. The minimum Gasteiger partial charge on any atom is -0.481 e. The summed E-state index contributed by atoms with van der Waals surface area (Å²) >= 11 is 0. The van der Waals surface area contributed by atoms with Crippen molar-refractivity contribution in [2.75, 3.05) is 20.2 Å². The van der Waals surface area contributed by atoms with Crippen LogP contribution in [0.25, 0.3) is 0 Å². The zero-order valence-corrected chi connectivity index (χ0v) is 7.84. The highest BCUT2D eigenvalue weighted by Gasteiger charge is 1.90. The molecule has 0 aliphatic rings. The zero-order chi connectivity index (χ0) is 9.82. The first-order valence-corrected chi connectivity index (χ1v) is 4.16. The molecule has 0 amide bonds. The van der Waals surface area contributed by atoms with Crippen molar-refractivity contribution in [1.29, 1.82) is 0 Å². The second kappa shape index (κ2) is 13.0. The summed E-state index contributed by atoms with van der Waals surface area (Å²) in [6.45, 7) is 2.90. The Hall–Kier alpha value is -0.610. The van der Waals surface area contributed by atoms with Gasteiger partial charge in [-0.1, -0.05) is 13.3 Å². The normalized spacial score (nSPS) is 8.58. The van der Waals surface area contributed by atoms with E-state index < -0.39 is 5.97 Å². The number of carboxylic acid groups (broad SMARTS) is 1. The molecule has 0 spiro atoms. The molecule has 3 N–H and O–H groups in total. The lowest BCUT2D eigenvalue weighted by molar-refractivity contribution is -0.137. The van der Waals surface area contributed by atoms with Crippen molar-refractivity contribution in [3.8, 4) is 0 Å². The third kappa shape index (κ3) is 22.8. The van der Waals surface area contributed by atoms with Crippen LogP contribution in [-0.2, 0) is 4.79 Å². The van der Waals surface area contributed by atoms with Crippen molar-refractivity contribution in [2.24, 2.45) is 0 Å². The molecule has 0 saturated heterocycles. The fraction of sp³-hybridized carbons (Fsp3) is 0.875. The van der Waals surface area contributed by atoms with Crippen LogP contribution in [0.2, 0.25) is 0 Å². The minimum atomic E-state index is -0.693. The maximum Gasteiger partial charge on any atom is 0.303 e. The van der Waals surface area contributed by atoms with Gasteiger partial charge >= 0.3 is 5.97 Å². The van der Waals surface area contributed by atoms with Gasteiger partial charge in [-0.2, -0.15) is 0 Å². The lowest BCUT2D eigenvalue weighted by Gasteiger charge is -1.85. The first kappa shape index (κ1) is 13.9. The van der Waals surface area contributed by atoms with Crippen LogP contribution in [0.15, 0.2) is 0 Å². The molecule has 0 fully saturated rings.